The van der Waals surface area contributed by atoms with Gasteiger partial charge in [-0.2, -0.15) is 0 Å². The molecule has 0 bridgehead atoms. The number of hydrogen-bond donors (Lipinski definition) is 1. The number of aromatic nitrogens is 1. The summed E-state index contributed by atoms with van der Waals surface area (Å²) in [5, 5.41) is 5.71. The molecule has 0 saturated carbocycles. The van der Waals surface area contributed by atoms with Crippen molar-refractivity contribution in [2.45, 2.75) is 64.5 Å². The lowest BCUT2D eigenvalue weighted by Gasteiger charge is -2.34. The van der Waals surface area contributed by atoms with Crippen molar-refractivity contribution in [1.82, 2.24) is 9.88 Å². The molecule has 2 aliphatic heterocycles. The lowest BCUT2D eigenvalue weighted by molar-refractivity contribution is -0.142. The average Bonchev–Trinajstić information content (AvgIpc) is 3.52. The number of carbonyl (C=O) groups is 2. The number of nitrogens with zero attached hydrogens (tertiary/aromatic N) is 1. The summed E-state index contributed by atoms with van der Waals surface area (Å²) in [5.41, 5.74) is 6.25. The molecule has 0 amide bonds. The SMILES string of the molecule is CCn1c2ccccc2c2cc([C@@H]3C(C(=O)OC[C@H]4CCCO4)=C(C)NC4=C3C(=O)CCC4)ccc21. The first kappa shape index (κ1) is 23.0. The number of esters is 1. The van der Waals surface area contributed by atoms with Crippen molar-refractivity contribution in [2.24, 2.45) is 0 Å². The molecular weight excluding hydrogens is 452 g/mol. The number of ketones is 1. The lowest BCUT2D eigenvalue weighted by Crippen LogP contribution is -2.35. The molecule has 0 unspecified atom stereocenters. The second-order valence-corrected chi connectivity index (χ2v) is 10.0. The van der Waals surface area contributed by atoms with E-state index in [0.29, 0.717) is 18.6 Å². The second-order valence-electron chi connectivity index (χ2n) is 10.0. The number of fused-ring (bicyclic) bond motifs is 3. The number of Topliss-reactive ketones (excluding diaryl/α,β-unsaturated/α-hetero) is 1. The van der Waals surface area contributed by atoms with Crippen LogP contribution < -0.4 is 5.32 Å². The average molecular weight is 485 g/mol. The molecule has 3 aromatic rings. The number of dihydropyridines is 1. The van der Waals surface area contributed by atoms with Crippen molar-refractivity contribution < 1.29 is 19.1 Å². The summed E-state index contributed by atoms with van der Waals surface area (Å²) in [6, 6.07) is 14.8. The molecule has 1 N–H and O–H groups in total. The highest BCUT2D eigenvalue weighted by Gasteiger charge is 2.39. The van der Waals surface area contributed by atoms with Crippen molar-refractivity contribution in [2.75, 3.05) is 13.2 Å². The van der Waals surface area contributed by atoms with Gasteiger partial charge in [0.15, 0.2) is 5.78 Å². The molecule has 0 spiro atoms. The molecule has 36 heavy (non-hydrogen) atoms. The van der Waals surface area contributed by atoms with Gasteiger partial charge in [0.1, 0.15) is 6.61 Å². The summed E-state index contributed by atoms with van der Waals surface area (Å²) in [6.45, 7) is 5.89. The van der Waals surface area contributed by atoms with Crippen LogP contribution in [0.1, 0.15) is 57.4 Å². The third-order valence-electron chi connectivity index (χ3n) is 7.87. The van der Waals surface area contributed by atoms with E-state index in [1.807, 2.05) is 6.92 Å². The fourth-order valence-electron chi connectivity index (χ4n) is 6.20. The van der Waals surface area contributed by atoms with Crippen LogP contribution >= 0.6 is 0 Å². The van der Waals surface area contributed by atoms with E-state index in [1.54, 1.807) is 0 Å². The van der Waals surface area contributed by atoms with Gasteiger partial charge >= 0.3 is 5.97 Å². The van der Waals surface area contributed by atoms with Crippen LogP contribution in [0, 0.1) is 0 Å². The number of carbonyl (C=O) groups excluding carboxylic acids is 2. The van der Waals surface area contributed by atoms with E-state index in [-0.39, 0.29) is 24.5 Å². The Morgan fingerprint density at radius 3 is 2.75 bits per heavy atom. The zero-order valence-corrected chi connectivity index (χ0v) is 20.9. The van der Waals surface area contributed by atoms with E-state index in [9.17, 15) is 9.59 Å². The number of para-hydroxylation sites is 1. The minimum Gasteiger partial charge on any atom is -0.459 e. The van der Waals surface area contributed by atoms with E-state index in [4.69, 9.17) is 9.47 Å². The van der Waals surface area contributed by atoms with Gasteiger partial charge in [0.25, 0.3) is 0 Å². The number of benzene rings is 2. The monoisotopic (exact) mass is 484 g/mol. The minimum absolute atomic E-state index is 0.0486. The minimum atomic E-state index is -0.445. The molecule has 3 heterocycles. The highest BCUT2D eigenvalue weighted by Crippen LogP contribution is 2.44. The summed E-state index contributed by atoms with van der Waals surface area (Å²) in [7, 11) is 0. The Morgan fingerprint density at radius 2 is 1.94 bits per heavy atom. The Hall–Kier alpha value is -3.38. The van der Waals surface area contributed by atoms with Gasteiger partial charge in [0.05, 0.1) is 11.7 Å². The van der Waals surface area contributed by atoms with Crippen molar-refractivity contribution >= 4 is 33.6 Å². The lowest BCUT2D eigenvalue weighted by atomic mass is 9.75. The second kappa shape index (κ2) is 9.25. The maximum Gasteiger partial charge on any atom is 0.336 e. The zero-order valence-electron chi connectivity index (χ0n) is 20.9. The Bertz CT molecular complexity index is 1440. The molecule has 3 aliphatic rings. The van der Waals surface area contributed by atoms with E-state index < -0.39 is 5.92 Å². The molecule has 1 saturated heterocycles. The maximum absolute atomic E-state index is 13.5. The molecule has 6 heteroatoms. The first-order chi connectivity index (χ1) is 17.6. The van der Waals surface area contributed by atoms with E-state index in [1.165, 1.54) is 10.9 Å². The number of aryl methyl sites for hydroxylation is 1. The Kier molecular flexibility index (Phi) is 5.92. The van der Waals surface area contributed by atoms with Crippen LogP contribution in [0.4, 0.5) is 0 Å². The first-order valence-electron chi connectivity index (χ1n) is 13.1. The summed E-state index contributed by atoms with van der Waals surface area (Å²) in [4.78, 5) is 26.8. The quantitative estimate of drug-likeness (QED) is 0.484. The molecule has 1 aliphatic carbocycles. The third kappa shape index (κ3) is 3.75. The number of hydrogen-bond acceptors (Lipinski definition) is 5. The highest BCUT2D eigenvalue weighted by atomic mass is 16.6. The number of rotatable bonds is 5. The van der Waals surface area contributed by atoms with Gasteiger partial charge in [-0.05, 0) is 63.3 Å². The van der Waals surface area contributed by atoms with Gasteiger partial charge in [-0.3, -0.25) is 4.79 Å². The van der Waals surface area contributed by atoms with Crippen LogP contribution in [-0.2, 0) is 25.6 Å². The van der Waals surface area contributed by atoms with Crippen LogP contribution in [0.5, 0.6) is 0 Å². The molecule has 6 nitrogen and oxygen atoms in total. The smallest absolute Gasteiger partial charge is 0.336 e. The predicted octanol–water partition coefficient (Wildman–Crippen LogP) is 5.50. The van der Waals surface area contributed by atoms with E-state index in [0.717, 1.165) is 65.7 Å². The molecule has 1 aromatic heterocycles. The van der Waals surface area contributed by atoms with E-state index >= 15 is 0 Å². The normalized spacial score (nSPS) is 22.3. The fourth-order valence-corrected chi connectivity index (χ4v) is 6.20. The molecule has 1 fully saturated rings. The van der Waals surface area contributed by atoms with Gasteiger partial charge in [0, 0.05) is 64.3 Å². The summed E-state index contributed by atoms with van der Waals surface area (Å²) >= 11 is 0. The van der Waals surface area contributed by atoms with E-state index in [2.05, 4.69) is 59.3 Å². The number of ether oxygens (including phenoxy) is 2. The Labute approximate surface area is 210 Å². The van der Waals surface area contributed by atoms with Crippen molar-refractivity contribution in [1.29, 1.82) is 0 Å². The molecule has 2 aromatic carbocycles. The van der Waals surface area contributed by atoms with Crippen LogP contribution in [0.25, 0.3) is 21.8 Å². The standard InChI is InChI=1S/C30H32N2O4/c1-3-32-24-11-5-4-9-21(24)22-16-19(13-14-25(22)32)28-27(30(34)36-17-20-8-7-15-35-20)18(2)31-23-10-6-12-26(33)29(23)28/h4-5,9,11,13-14,16,20,28,31H,3,6-8,10,12,15,17H2,1-2H3/t20-,28-/m1/s1. The molecular formula is C30H32N2O4. The molecule has 0 radical (unpaired) electrons. The van der Waals surface area contributed by atoms with Crippen LogP contribution in [0.2, 0.25) is 0 Å². The number of nitrogens with one attached hydrogen (secondary N) is 1. The Morgan fingerprint density at radius 1 is 1.11 bits per heavy atom. The van der Waals surface area contributed by atoms with Crippen LogP contribution in [0.15, 0.2) is 65.0 Å². The Balaban J connectivity index is 1.47. The summed E-state index contributed by atoms with van der Waals surface area (Å²) in [6.07, 6.45) is 3.98. The highest BCUT2D eigenvalue weighted by molar-refractivity contribution is 6.09. The van der Waals surface area contributed by atoms with Gasteiger partial charge in [0.2, 0.25) is 0 Å². The van der Waals surface area contributed by atoms with Crippen LogP contribution in [-0.4, -0.2) is 35.6 Å². The largest absolute Gasteiger partial charge is 0.459 e. The predicted molar refractivity (Wildman–Crippen MR) is 140 cm³/mol. The number of allylic oxidation sites excluding steroid dienone is 3. The van der Waals surface area contributed by atoms with Gasteiger partial charge in [-0.25, -0.2) is 4.79 Å². The molecule has 6 rings (SSSR count). The molecule has 186 valence electrons. The van der Waals surface area contributed by atoms with Gasteiger partial charge in [-0.1, -0.05) is 24.3 Å². The van der Waals surface area contributed by atoms with Gasteiger partial charge in [-0.15, -0.1) is 0 Å². The van der Waals surface area contributed by atoms with Crippen molar-refractivity contribution in [3.05, 3.63) is 70.6 Å². The van der Waals surface area contributed by atoms with Crippen molar-refractivity contribution in [3.8, 4) is 0 Å². The third-order valence-corrected chi connectivity index (χ3v) is 7.87. The first-order valence-corrected chi connectivity index (χ1v) is 13.1. The zero-order chi connectivity index (χ0) is 24.8. The summed E-state index contributed by atoms with van der Waals surface area (Å²) < 4.78 is 13.8. The van der Waals surface area contributed by atoms with Gasteiger partial charge < -0.3 is 19.4 Å². The van der Waals surface area contributed by atoms with Crippen LogP contribution in [0.3, 0.4) is 0 Å². The van der Waals surface area contributed by atoms with Crippen molar-refractivity contribution in [3.63, 3.8) is 0 Å². The maximum atomic E-state index is 13.5. The fraction of sp³-hybridized carbons (Fsp3) is 0.400. The summed E-state index contributed by atoms with van der Waals surface area (Å²) in [5.74, 6) is -0.706. The molecule has 2 atom stereocenters. The topological polar surface area (TPSA) is 69.6 Å².